The van der Waals surface area contributed by atoms with Crippen LogP contribution >= 0.6 is 39.9 Å². The predicted octanol–water partition coefficient (Wildman–Crippen LogP) is 6.19. The smallest absolute Gasteiger partial charge is 0.285 e. The van der Waals surface area contributed by atoms with E-state index in [1.54, 1.807) is 18.2 Å². The molecule has 3 aromatic carbocycles. The number of nitrogens with zero attached hydrogens (tertiary/aromatic N) is 1. The number of halogens is 1. The van der Waals surface area contributed by atoms with Crippen molar-refractivity contribution in [1.82, 2.24) is 10.4 Å². The fourth-order valence-corrected chi connectivity index (χ4v) is 4.85. The molecule has 8 heteroatoms. The lowest BCUT2D eigenvalue weighted by Gasteiger charge is -2.16. The SMILES string of the molecule is Cc1ccc(COc2ccc(Br)cc2/C=C2/SC(=S)N(NC(=O)c3ccccc3C)C2=O)cc1. The molecule has 172 valence electrons. The van der Waals surface area contributed by atoms with E-state index in [2.05, 4.69) is 21.4 Å². The number of aryl methyl sites for hydroxylation is 2. The van der Waals surface area contributed by atoms with Gasteiger partial charge in [0, 0.05) is 15.6 Å². The second kappa shape index (κ2) is 10.5. The van der Waals surface area contributed by atoms with Gasteiger partial charge in [0.05, 0.1) is 4.91 Å². The van der Waals surface area contributed by atoms with Gasteiger partial charge in [-0.3, -0.25) is 15.0 Å². The van der Waals surface area contributed by atoms with Gasteiger partial charge in [-0.05, 0) is 67.5 Å². The Labute approximate surface area is 216 Å². The summed E-state index contributed by atoms with van der Waals surface area (Å²) in [6.07, 6.45) is 1.73. The Morgan fingerprint density at radius 3 is 2.59 bits per heavy atom. The molecule has 34 heavy (non-hydrogen) atoms. The normalized spacial score (nSPS) is 14.6. The van der Waals surface area contributed by atoms with Crippen LogP contribution in [0.2, 0.25) is 0 Å². The molecular formula is C26H21BrN2O3S2. The fourth-order valence-electron chi connectivity index (χ4n) is 3.30. The van der Waals surface area contributed by atoms with Crippen LogP contribution in [0.4, 0.5) is 0 Å². The molecule has 0 saturated carbocycles. The highest BCUT2D eigenvalue weighted by Gasteiger charge is 2.34. The van der Waals surface area contributed by atoms with E-state index in [0.717, 1.165) is 37.9 Å². The zero-order valence-corrected chi connectivity index (χ0v) is 21.7. The van der Waals surface area contributed by atoms with Crippen LogP contribution in [0.3, 0.4) is 0 Å². The highest BCUT2D eigenvalue weighted by molar-refractivity contribution is 9.10. The predicted molar refractivity (Wildman–Crippen MR) is 143 cm³/mol. The highest BCUT2D eigenvalue weighted by atomic mass is 79.9. The maximum absolute atomic E-state index is 13.1. The molecule has 1 N–H and O–H groups in total. The van der Waals surface area contributed by atoms with Crippen molar-refractivity contribution in [3.8, 4) is 5.75 Å². The maximum atomic E-state index is 13.1. The number of hydrogen-bond acceptors (Lipinski definition) is 5. The van der Waals surface area contributed by atoms with Crippen LogP contribution in [0.1, 0.15) is 32.6 Å². The summed E-state index contributed by atoms with van der Waals surface area (Å²) in [5, 5.41) is 1.12. The van der Waals surface area contributed by atoms with Crippen molar-refractivity contribution in [2.45, 2.75) is 20.5 Å². The minimum Gasteiger partial charge on any atom is -0.488 e. The lowest BCUT2D eigenvalue weighted by atomic mass is 10.1. The molecule has 0 bridgehead atoms. The first-order valence-electron chi connectivity index (χ1n) is 10.4. The van der Waals surface area contributed by atoms with Gasteiger partial charge in [-0.25, -0.2) is 0 Å². The number of benzene rings is 3. The molecule has 2 amide bonds. The number of carbonyl (C=O) groups excluding carboxylic acids is 2. The lowest BCUT2D eigenvalue weighted by Crippen LogP contribution is -2.45. The summed E-state index contributed by atoms with van der Waals surface area (Å²) in [6, 6.07) is 20.9. The van der Waals surface area contributed by atoms with Crippen LogP contribution < -0.4 is 10.2 Å². The first kappa shape index (κ1) is 24.2. The average Bonchev–Trinajstić information content (AvgIpc) is 3.07. The third-order valence-corrected chi connectivity index (χ3v) is 6.97. The van der Waals surface area contributed by atoms with E-state index >= 15 is 0 Å². The van der Waals surface area contributed by atoms with Crippen molar-refractivity contribution in [2.75, 3.05) is 0 Å². The van der Waals surface area contributed by atoms with Crippen LogP contribution in [0.15, 0.2) is 76.1 Å². The number of thioether (sulfide) groups is 1. The first-order chi connectivity index (χ1) is 16.3. The zero-order valence-electron chi connectivity index (χ0n) is 18.5. The molecule has 0 spiro atoms. The molecule has 1 aliphatic rings. The summed E-state index contributed by atoms with van der Waals surface area (Å²) in [4.78, 5) is 26.2. The number of thiocarbonyl (C=S) groups is 1. The Bertz CT molecular complexity index is 1310. The summed E-state index contributed by atoms with van der Waals surface area (Å²) in [5.41, 5.74) is 6.89. The van der Waals surface area contributed by atoms with E-state index in [-0.39, 0.29) is 16.1 Å². The molecule has 0 aromatic heterocycles. The van der Waals surface area contributed by atoms with Crippen molar-refractivity contribution in [3.05, 3.63) is 104 Å². The van der Waals surface area contributed by atoms with Gasteiger partial charge in [0.2, 0.25) is 0 Å². The monoisotopic (exact) mass is 552 g/mol. The van der Waals surface area contributed by atoms with Crippen molar-refractivity contribution in [1.29, 1.82) is 0 Å². The number of amides is 2. The van der Waals surface area contributed by atoms with Gasteiger partial charge < -0.3 is 4.74 Å². The third kappa shape index (κ3) is 5.58. The maximum Gasteiger partial charge on any atom is 0.285 e. The summed E-state index contributed by atoms with van der Waals surface area (Å²) in [5.74, 6) is -0.139. The van der Waals surface area contributed by atoms with Gasteiger partial charge in [0.1, 0.15) is 12.4 Å². The molecular weight excluding hydrogens is 532 g/mol. The molecule has 0 atom stereocenters. The van der Waals surface area contributed by atoms with Gasteiger partial charge in [-0.1, -0.05) is 75.7 Å². The molecule has 0 radical (unpaired) electrons. The van der Waals surface area contributed by atoms with Crippen molar-refractivity contribution in [3.63, 3.8) is 0 Å². The molecule has 5 nitrogen and oxygen atoms in total. The topological polar surface area (TPSA) is 58.6 Å². The zero-order chi connectivity index (χ0) is 24.2. The molecule has 1 fully saturated rings. The summed E-state index contributed by atoms with van der Waals surface area (Å²) in [6.45, 7) is 4.28. The van der Waals surface area contributed by atoms with Crippen molar-refractivity contribution in [2.24, 2.45) is 0 Å². The lowest BCUT2D eigenvalue weighted by molar-refractivity contribution is -0.123. The Balaban J connectivity index is 1.53. The molecule has 1 saturated heterocycles. The number of carbonyl (C=O) groups is 2. The van der Waals surface area contributed by atoms with E-state index in [1.807, 2.05) is 68.4 Å². The molecule has 0 unspecified atom stereocenters. The molecule has 1 heterocycles. The van der Waals surface area contributed by atoms with Crippen LogP contribution in [-0.2, 0) is 11.4 Å². The van der Waals surface area contributed by atoms with E-state index < -0.39 is 0 Å². The number of rotatable bonds is 6. The Morgan fingerprint density at radius 2 is 1.85 bits per heavy atom. The van der Waals surface area contributed by atoms with Crippen LogP contribution in [0, 0.1) is 13.8 Å². The number of ether oxygens (including phenoxy) is 1. The molecule has 4 rings (SSSR count). The van der Waals surface area contributed by atoms with E-state index in [1.165, 1.54) is 5.56 Å². The van der Waals surface area contributed by atoms with Gasteiger partial charge >= 0.3 is 0 Å². The largest absolute Gasteiger partial charge is 0.488 e. The number of hydrogen-bond donors (Lipinski definition) is 1. The second-order valence-corrected chi connectivity index (χ2v) is 10.3. The molecule has 3 aromatic rings. The summed E-state index contributed by atoms with van der Waals surface area (Å²) < 4.78 is 7.16. The Morgan fingerprint density at radius 1 is 1.12 bits per heavy atom. The van der Waals surface area contributed by atoms with Crippen molar-refractivity contribution >= 4 is 62.1 Å². The third-order valence-electron chi connectivity index (χ3n) is 5.17. The van der Waals surface area contributed by atoms with E-state index in [0.29, 0.717) is 22.8 Å². The van der Waals surface area contributed by atoms with Crippen LogP contribution in [0.5, 0.6) is 5.75 Å². The van der Waals surface area contributed by atoms with E-state index in [9.17, 15) is 9.59 Å². The van der Waals surface area contributed by atoms with Crippen LogP contribution in [-0.4, -0.2) is 21.1 Å². The Hall–Kier alpha value is -2.94. The minimum absolute atomic E-state index is 0.260. The van der Waals surface area contributed by atoms with Gasteiger partial charge in [-0.15, -0.1) is 0 Å². The summed E-state index contributed by atoms with van der Waals surface area (Å²) in [7, 11) is 0. The standard InChI is InChI=1S/C26H21BrN2O3S2/c1-16-7-9-18(10-8-16)15-32-22-12-11-20(27)13-19(22)14-23-25(31)29(26(33)34-23)28-24(30)21-6-4-3-5-17(21)2/h3-14H,15H2,1-2H3,(H,28,30)/b23-14+. The second-order valence-electron chi connectivity index (χ2n) is 7.73. The highest BCUT2D eigenvalue weighted by Crippen LogP contribution is 2.34. The Kier molecular flexibility index (Phi) is 7.50. The quantitative estimate of drug-likeness (QED) is 0.292. The van der Waals surface area contributed by atoms with Crippen molar-refractivity contribution < 1.29 is 14.3 Å². The van der Waals surface area contributed by atoms with Gasteiger partial charge in [0.25, 0.3) is 11.8 Å². The minimum atomic E-state index is -0.389. The van der Waals surface area contributed by atoms with E-state index in [4.69, 9.17) is 17.0 Å². The average molecular weight is 554 g/mol. The fraction of sp³-hybridized carbons (Fsp3) is 0.115. The molecule has 0 aliphatic carbocycles. The van der Waals surface area contributed by atoms with Crippen LogP contribution in [0.25, 0.3) is 6.08 Å². The van der Waals surface area contributed by atoms with Gasteiger partial charge in [0.15, 0.2) is 4.32 Å². The first-order valence-corrected chi connectivity index (χ1v) is 12.5. The summed E-state index contributed by atoms with van der Waals surface area (Å²) >= 11 is 9.98. The molecule has 1 aliphatic heterocycles. The number of nitrogens with one attached hydrogen (secondary N) is 1. The number of hydrazine groups is 1. The van der Waals surface area contributed by atoms with Gasteiger partial charge in [-0.2, -0.15) is 5.01 Å².